The van der Waals surface area contributed by atoms with Gasteiger partial charge in [0.15, 0.2) is 11.5 Å². The number of carbonyl (C=O) groups excluding carboxylic acids is 1. The number of rotatable bonds is 9. The van der Waals surface area contributed by atoms with Crippen molar-refractivity contribution in [2.45, 2.75) is 33.3 Å². The van der Waals surface area contributed by atoms with Crippen LogP contribution in [0.1, 0.15) is 32.3 Å². The lowest BCUT2D eigenvalue weighted by molar-refractivity contribution is -0.125. The molecule has 0 atom stereocenters. The topological polar surface area (TPSA) is 86.5 Å². The van der Waals surface area contributed by atoms with E-state index in [-0.39, 0.29) is 5.91 Å². The zero-order valence-electron chi connectivity index (χ0n) is 15.6. The number of anilines is 1. The molecule has 140 valence electrons. The fourth-order valence-electron chi connectivity index (χ4n) is 2.73. The number of amides is 1. The van der Waals surface area contributed by atoms with E-state index in [1.165, 1.54) is 0 Å². The van der Waals surface area contributed by atoms with Gasteiger partial charge in [0.1, 0.15) is 6.61 Å². The van der Waals surface area contributed by atoms with Crippen LogP contribution >= 0.6 is 0 Å². The summed E-state index contributed by atoms with van der Waals surface area (Å²) in [5, 5.41) is 2.96. The molecule has 0 bridgehead atoms. The van der Waals surface area contributed by atoms with E-state index in [9.17, 15) is 4.79 Å². The SMILES string of the molecule is CCC(CC)(CN)C(=O)Nc1ccc(OC)c(OCc2cccnc2)c1. The van der Waals surface area contributed by atoms with E-state index in [2.05, 4.69) is 10.3 Å². The van der Waals surface area contributed by atoms with Gasteiger partial charge < -0.3 is 20.5 Å². The molecule has 6 heteroatoms. The number of benzene rings is 1. The van der Waals surface area contributed by atoms with Crippen molar-refractivity contribution in [3.8, 4) is 11.5 Å². The quantitative estimate of drug-likeness (QED) is 0.718. The monoisotopic (exact) mass is 357 g/mol. The number of carbonyl (C=O) groups is 1. The first-order valence-electron chi connectivity index (χ1n) is 8.79. The number of pyridine rings is 1. The summed E-state index contributed by atoms with van der Waals surface area (Å²) in [6, 6.07) is 9.12. The summed E-state index contributed by atoms with van der Waals surface area (Å²) in [5.74, 6) is 1.08. The predicted molar refractivity (Wildman–Crippen MR) is 102 cm³/mol. The molecule has 2 aromatic rings. The van der Waals surface area contributed by atoms with Gasteiger partial charge in [0.2, 0.25) is 5.91 Å². The Hall–Kier alpha value is -2.60. The first kappa shape index (κ1) is 19.7. The molecule has 0 saturated heterocycles. The van der Waals surface area contributed by atoms with Crippen molar-refractivity contribution < 1.29 is 14.3 Å². The Balaban J connectivity index is 2.16. The molecular weight excluding hydrogens is 330 g/mol. The van der Waals surface area contributed by atoms with Gasteiger partial charge in [0.25, 0.3) is 0 Å². The molecule has 0 fully saturated rings. The highest BCUT2D eigenvalue weighted by atomic mass is 16.5. The molecular formula is C20H27N3O3. The average Bonchev–Trinajstić information content (AvgIpc) is 2.69. The number of methoxy groups -OCH3 is 1. The molecule has 1 heterocycles. The Morgan fingerprint density at radius 1 is 1.23 bits per heavy atom. The van der Waals surface area contributed by atoms with Gasteiger partial charge in [-0.05, 0) is 31.0 Å². The van der Waals surface area contributed by atoms with Crippen LogP contribution in [0.4, 0.5) is 5.69 Å². The maximum atomic E-state index is 12.7. The van der Waals surface area contributed by atoms with Crippen molar-refractivity contribution in [2.75, 3.05) is 19.0 Å². The zero-order chi connectivity index (χ0) is 19.0. The number of ether oxygens (including phenoxy) is 2. The van der Waals surface area contributed by atoms with Crippen molar-refractivity contribution in [3.63, 3.8) is 0 Å². The molecule has 1 amide bonds. The van der Waals surface area contributed by atoms with E-state index < -0.39 is 5.41 Å². The van der Waals surface area contributed by atoms with Crippen molar-refractivity contribution in [2.24, 2.45) is 11.1 Å². The highest BCUT2D eigenvalue weighted by Crippen LogP contribution is 2.32. The normalized spacial score (nSPS) is 11.1. The van der Waals surface area contributed by atoms with Crippen molar-refractivity contribution in [1.29, 1.82) is 0 Å². The standard InChI is InChI=1S/C20H27N3O3/c1-4-20(5-2,14-21)19(24)23-16-8-9-17(25-3)18(11-16)26-13-15-7-6-10-22-12-15/h6-12H,4-5,13-14,21H2,1-3H3,(H,23,24). The van der Waals surface area contributed by atoms with Gasteiger partial charge in [-0.3, -0.25) is 9.78 Å². The molecule has 3 N–H and O–H groups in total. The van der Waals surface area contributed by atoms with Crippen LogP contribution in [-0.2, 0) is 11.4 Å². The van der Waals surface area contributed by atoms with Crippen LogP contribution in [0.5, 0.6) is 11.5 Å². The first-order chi connectivity index (χ1) is 12.6. The predicted octanol–water partition coefficient (Wildman–Crippen LogP) is 3.37. The minimum Gasteiger partial charge on any atom is -0.493 e. The van der Waals surface area contributed by atoms with Crippen LogP contribution in [-0.4, -0.2) is 24.5 Å². The van der Waals surface area contributed by atoms with E-state index in [0.29, 0.717) is 43.2 Å². The van der Waals surface area contributed by atoms with Crippen molar-refractivity contribution in [3.05, 3.63) is 48.3 Å². The maximum Gasteiger partial charge on any atom is 0.231 e. The third kappa shape index (κ3) is 4.52. The molecule has 0 saturated carbocycles. The molecule has 0 aliphatic rings. The number of hydrogen-bond acceptors (Lipinski definition) is 5. The second-order valence-electron chi connectivity index (χ2n) is 6.16. The van der Waals surface area contributed by atoms with Crippen LogP contribution in [0.3, 0.4) is 0 Å². The Kier molecular flexibility index (Phi) is 6.97. The second-order valence-corrected chi connectivity index (χ2v) is 6.16. The average molecular weight is 357 g/mol. The maximum absolute atomic E-state index is 12.7. The third-order valence-corrected chi connectivity index (χ3v) is 4.76. The number of hydrogen-bond donors (Lipinski definition) is 2. The fourth-order valence-corrected chi connectivity index (χ4v) is 2.73. The zero-order valence-corrected chi connectivity index (χ0v) is 15.6. The Bertz CT molecular complexity index is 707. The van der Waals surface area contributed by atoms with Gasteiger partial charge in [0.05, 0.1) is 12.5 Å². The summed E-state index contributed by atoms with van der Waals surface area (Å²) >= 11 is 0. The largest absolute Gasteiger partial charge is 0.493 e. The summed E-state index contributed by atoms with van der Waals surface area (Å²) < 4.78 is 11.2. The van der Waals surface area contributed by atoms with Crippen LogP contribution in [0.2, 0.25) is 0 Å². The Labute approximate surface area is 154 Å². The first-order valence-corrected chi connectivity index (χ1v) is 8.79. The molecule has 1 aromatic carbocycles. The molecule has 0 radical (unpaired) electrons. The van der Waals surface area contributed by atoms with Gasteiger partial charge in [-0.1, -0.05) is 19.9 Å². The summed E-state index contributed by atoms with van der Waals surface area (Å²) in [7, 11) is 1.58. The van der Waals surface area contributed by atoms with Gasteiger partial charge >= 0.3 is 0 Å². The molecule has 0 aliphatic heterocycles. The lowest BCUT2D eigenvalue weighted by atomic mass is 9.81. The minimum atomic E-state index is -0.559. The van der Waals surface area contributed by atoms with Gasteiger partial charge in [0, 0.05) is 36.3 Å². The van der Waals surface area contributed by atoms with Crippen LogP contribution in [0.15, 0.2) is 42.7 Å². The minimum absolute atomic E-state index is 0.0756. The molecule has 0 spiro atoms. The Morgan fingerprint density at radius 2 is 2.00 bits per heavy atom. The Morgan fingerprint density at radius 3 is 2.58 bits per heavy atom. The van der Waals surface area contributed by atoms with E-state index in [0.717, 1.165) is 5.56 Å². The number of aromatic nitrogens is 1. The fraction of sp³-hybridized carbons (Fsp3) is 0.400. The van der Waals surface area contributed by atoms with Crippen molar-refractivity contribution in [1.82, 2.24) is 4.98 Å². The summed E-state index contributed by atoms with van der Waals surface area (Å²) in [4.78, 5) is 16.8. The van der Waals surface area contributed by atoms with E-state index in [4.69, 9.17) is 15.2 Å². The van der Waals surface area contributed by atoms with Crippen LogP contribution < -0.4 is 20.5 Å². The van der Waals surface area contributed by atoms with E-state index in [1.54, 1.807) is 37.7 Å². The lowest BCUT2D eigenvalue weighted by Crippen LogP contribution is -2.41. The highest BCUT2D eigenvalue weighted by Gasteiger charge is 2.33. The molecule has 26 heavy (non-hydrogen) atoms. The number of nitrogens with zero attached hydrogens (tertiary/aromatic N) is 1. The van der Waals surface area contributed by atoms with Gasteiger partial charge in [-0.15, -0.1) is 0 Å². The summed E-state index contributed by atoms with van der Waals surface area (Å²) in [5.41, 5.74) is 6.90. The summed E-state index contributed by atoms with van der Waals surface area (Å²) in [6.45, 7) is 4.63. The molecule has 6 nitrogen and oxygen atoms in total. The molecule has 0 aliphatic carbocycles. The van der Waals surface area contributed by atoms with E-state index in [1.807, 2.05) is 26.0 Å². The number of nitrogens with two attached hydrogens (primary N) is 1. The van der Waals surface area contributed by atoms with E-state index >= 15 is 0 Å². The highest BCUT2D eigenvalue weighted by molar-refractivity contribution is 5.95. The molecule has 2 rings (SSSR count). The smallest absolute Gasteiger partial charge is 0.231 e. The third-order valence-electron chi connectivity index (χ3n) is 4.76. The number of nitrogens with one attached hydrogen (secondary N) is 1. The van der Waals surface area contributed by atoms with Gasteiger partial charge in [-0.2, -0.15) is 0 Å². The van der Waals surface area contributed by atoms with Gasteiger partial charge in [-0.25, -0.2) is 0 Å². The molecule has 1 aromatic heterocycles. The van der Waals surface area contributed by atoms with Crippen LogP contribution in [0, 0.1) is 5.41 Å². The summed E-state index contributed by atoms with van der Waals surface area (Å²) in [6.07, 6.45) is 4.83. The van der Waals surface area contributed by atoms with Crippen molar-refractivity contribution >= 4 is 11.6 Å². The lowest BCUT2D eigenvalue weighted by Gasteiger charge is -2.28. The van der Waals surface area contributed by atoms with Crippen LogP contribution in [0.25, 0.3) is 0 Å². The second kappa shape index (κ2) is 9.20. The molecule has 0 unspecified atom stereocenters.